The molecule has 0 bridgehead atoms. The average molecular weight is 440 g/mol. The Morgan fingerprint density at radius 2 is 1.65 bits per heavy atom. The maximum Gasteiger partial charge on any atom is 0.240 e. The molecule has 0 fully saturated rings. The molecular formula is C22H25N5O3S. The molecule has 31 heavy (non-hydrogen) atoms. The number of thioether (sulfide) groups is 1. The Morgan fingerprint density at radius 1 is 1.03 bits per heavy atom. The van der Waals surface area contributed by atoms with Gasteiger partial charge in [-0.2, -0.15) is 0 Å². The van der Waals surface area contributed by atoms with Crippen LogP contribution in [0.15, 0.2) is 53.7 Å². The SMILES string of the molecule is CCOc1ccc(NC(=O)C2Sc3nnc(C)n3NC2c2ccc(OCC)cc2)cc1. The number of ether oxygens (including phenoxy) is 2. The first kappa shape index (κ1) is 21.0. The summed E-state index contributed by atoms with van der Waals surface area (Å²) < 4.78 is 12.8. The molecule has 2 unspecified atom stereocenters. The fourth-order valence-electron chi connectivity index (χ4n) is 3.36. The van der Waals surface area contributed by atoms with Crippen LogP contribution in [0.1, 0.15) is 31.3 Å². The monoisotopic (exact) mass is 439 g/mol. The smallest absolute Gasteiger partial charge is 0.240 e. The standard InChI is InChI=1S/C22H25N5O3S/c1-4-29-17-10-6-15(7-11-17)19-20(31-22-25-24-14(3)27(22)26-19)21(28)23-16-8-12-18(13-9-16)30-5-2/h6-13,19-20,26H,4-5H2,1-3H3,(H,23,28). The summed E-state index contributed by atoms with van der Waals surface area (Å²) in [6, 6.07) is 14.9. The van der Waals surface area contributed by atoms with Gasteiger partial charge in [0.25, 0.3) is 0 Å². The van der Waals surface area contributed by atoms with Gasteiger partial charge in [-0.3, -0.25) is 4.79 Å². The molecule has 162 valence electrons. The third-order valence-electron chi connectivity index (χ3n) is 4.84. The van der Waals surface area contributed by atoms with E-state index in [2.05, 4.69) is 20.9 Å². The molecule has 2 aromatic carbocycles. The topological polar surface area (TPSA) is 90.3 Å². The van der Waals surface area contributed by atoms with Crippen LogP contribution in [0.25, 0.3) is 0 Å². The molecule has 0 saturated carbocycles. The zero-order valence-electron chi connectivity index (χ0n) is 17.7. The molecule has 9 heteroatoms. The fourth-order valence-corrected chi connectivity index (χ4v) is 4.49. The summed E-state index contributed by atoms with van der Waals surface area (Å²) in [6.45, 7) is 6.96. The highest BCUT2D eigenvalue weighted by Crippen LogP contribution is 2.38. The molecule has 3 aromatic rings. The van der Waals surface area contributed by atoms with E-state index in [1.165, 1.54) is 11.8 Å². The Kier molecular flexibility index (Phi) is 6.31. The predicted octanol–water partition coefficient (Wildman–Crippen LogP) is 3.78. The zero-order chi connectivity index (χ0) is 21.8. The summed E-state index contributed by atoms with van der Waals surface area (Å²) in [5, 5.41) is 11.6. The number of hydrogen-bond acceptors (Lipinski definition) is 7. The lowest BCUT2D eigenvalue weighted by molar-refractivity contribution is -0.116. The van der Waals surface area contributed by atoms with Gasteiger partial charge in [0.05, 0.1) is 19.3 Å². The van der Waals surface area contributed by atoms with Crippen molar-refractivity contribution in [3.8, 4) is 11.5 Å². The van der Waals surface area contributed by atoms with Crippen LogP contribution >= 0.6 is 11.8 Å². The normalized spacial score (nSPS) is 17.4. The van der Waals surface area contributed by atoms with Gasteiger partial charge in [-0.05, 0) is 62.7 Å². The minimum absolute atomic E-state index is 0.118. The first-order valence-electron chi connectivity index (χ1n) is 10.2. The summed E-state index contributed by atoms with van der Waals surface area (Å²) >= 11 is 1.39. The Bertz CT molecular complexity index is 1040. The van der Waals surface area contributed by atoms with Gasteiger partial charge in [0.1, 0.15) is 22.6 Å². The van der Waals surface area contributed by atoms with Crippen molar-refractivity contribution in [1.82, 2.24) is 14.9 Å². The largest absolute Gasteiger partial charge is 0.494 e. The van der Waals surface area contributed by atoms with E-state index in [9.17, 15) is 4.79 Å². The summed E-state index contributed by atoms with van der Waals surface area (Å²) in [6.07, 6.45) is 0. The number of aryl methyl sites for hydroxylation is 1. The lowest BCUT2D eigenvalue weighted by Crippen LogP contribution is -2.41. The van der Waals surface area contributed by atoms with Crippen molar-refractivity contribution in [3.63, 3.8) is 0 Å². The molecule has 4 rings (SSSR count). The van der Waals surface area contributed by atoms with Gasteiger partial charge in [-0.1, -0.05) is 23.9 Å². The van der Waals surface area contributed by atoms with Gasteiger partial charge in [0.15, 0.2) is 0 Å². The van der Waals surface area contributed by atoms with Crippen LogP contribution in [0, 0.1) is 6.92 Å². The second kappa shape index (κ2) is 9.30. The molecule has 0 spiro atoms. The first-order chi connectivity index (χ1) is 15.1. The summed E-state index contributed by atoms with van der Waals surface area (Å²) in [5.74, 6) is 2.19. The van der Waals surface area contributed by atoms with Crippen molar-refractivity contribution >= 4 is 23.4 Å². The van der Waals surface area contributed by atoms with Gasteiger partial charge >= 0.3 is 0 Å². The molecule has 0 radical (unpaired) electrons. The molecule has 2 N–H and O–H groups in total. The minimum atomic E-state index is -0.444. The quantitative estimate of drug-likeness (QED) is 0.579. The van der Waals surface area contributed by atoms with Crippen LogP contribution in [0.2, 0.25) is 0 Å². The fraction of sp³-hybridized carbons (Fsp3) is 0.318. The van der Waals surface area contributed by atoms with Gasteiger partial charge < -0.3 is 20.2 Å². The number of carbonyl (C=O) groups excluding carboxylic acids is 1. The Labute approximate surface area is 185 Å². The van der Waals surface area contributed by atoms with Crippen LogP contribution < -0.4 is 20.2 Å². The average Bonchev–Trinajstić information content (AvgIpc) is 3.15. The van der Waals surface area contributed by atoms with Crippen molar-refractivity contribution in [2.75, 3.05) is 24.0 Å². The van der Waals surface area contributed by atoms with Crippen molar-refractivity contribution in [1.29, 1.82) is 0 Å². The van der Waals surface area contributed by atoms with Crippen LogP contribution in [-0.2, 0) is 4.79 Å². The minimum Gasteiger partial charge on any atom is -0.494 e. The number of rotatable bonds is 7. The highest BCUT2D eigenvalue weighted by Gasteiger charge is 2.37. The van der Waals surface area contributed by atoms with Crippen molar-refractivity contribution in [2.24, 2.45) is 0 Å². The maximum atomic E-state index is 13.3. The van der Waals surface area contributed by atoms with Gasteiger partial charge in [0, 0.05) is 5.69 Å². The van der Waals surface area contributed by atoms with E-state index in [1.807, 2.05) is 74.0 Å². The molecule has 0 aliphatic carbocycles. The third-order valence-corrected chi connectivity index (χ3v) is 6.06. The predicted molar refractivity (Wildman–Crippen MR) is 120 cm³/mol. The van der Waals surface area contributed by atoms with Crippen molar-refractivity contribution < 1.29 is 14.3 Å². The number of nitrogens with zero attached hydrogens (tertiary/aromatic N) is 3. The Balaban J connectivity index is 1.58. The molecule has 8 nitrogen and oxygen atoms in total. The Hall–Kier alpha value is -3.20. The van der Waals surface area contributed by atoms with E-state index in [4.69, 9.17) is 9.47 Å². The van der Waals surface area contributed by atoms with Crippen LogP contribution in [-0.4, -0.2) is 39.2 Å². The molecule has 1 aliphatic heterocycles. The van der Waals surface area contributed by atoms with E-state index in [-0.39, 0.29) is 11.9 Å². The van der Waals surface area contributed by atoms with Gasteiger partial charge in [-0.15, -0.1) is 10.2 Å². The molecule has 1 aromatic heterocycles. The number of hydrogen-bond donors (Lipinski definition) is 2. The molecule has 2 heterocycles. The summed E-state index contributed by atoms with van der Waals surface area (Å²) in [7, 11) is 0. The number of amides is 1. The van der Waals surface area contributed by atoms with Gasteiger partial charge in [-0.25, -0.2) is 4.68 Å². The highest BCUT2D eigenvalue weighted by molar-refractivity contribution is 8.00. The van der Waals surface area contributed by atoms with Crippen LogP contribution in [0.3, 0.4) is 0 Å². The number of carbonyl (C=O) groups is 1. The molecular weight excluding hydrogens is 414 g/mol. The Morgan fingerprint density at radius 3 is 2.26 bits per heavy atom. The zero-order valence-corrected chi connectivity index (χ0v) is 18.5. The number of benzene rings is 2. The summed E-state index contributed by atoms with van der Waals surface area (Å²) in [5.41, 5.74) is 5.09. The number of fused-ring (bicyclic) bond motifs is 1. The van der Waals surface area contributed by atoms with E-state index in [0.29, 0.717) is 24.1 Å². The van der Waals surface area contributed by atoms with Crippen LogP contribution in [0.5, 0.6) is 11.5 Å². The lowest BCUT2D eigenvalue weighted by atomic mass is 10.0. The first-order valence-corrected chi connectivity index (χ1v) is 11.1. The van der Waals surface area contributed by atoms with Crippen LogP contribution in [0.4, 0.5) is 5.69 Å². The van der Waals surface area contributed by atoms with E-state index < -0.39 is 5.25 Å². The third kappa shape index (κ3) is 4.61. The van der Waals surface area contributed by atoms with Crippen molar-refractivity contribution in [3.05, 3.63) is 59.9 Å². The van der Waals surface area contributed by atoms with Gasteiger partial charge in [0.2, 0.25) is 11.1 Å². The van der Waals surface area contributed by atoms with E-state index >= 15 is 0 Å². The lowest BCUT2D eigenvalue weighted by Gasteiger charge is -2.32. The summed E-state index contributed by atoms with van der Waals surface area (Å²) in [4.78, 5) is 13.3. The molecule has 0 saturated heterocycles. The molecule has 2 atom stereocenters. The number of nitrogens with one attached hydrogen (secondary N) is 2. The second-order valence-corrected chi connectivity index (χ2v) is 8.07. The van der Waals surface area contributed by atoms with E-state index in [0.717, 1.165) is 22.9 Å². The molecule has 1 aliphatic rings. The number of aromatic nitrogens is 3. The van der Waals surface area contributed by atoms with Crippen molar-refractivity contribution in [2.45, 2.75) is 37.2 Å². The maximum absolute atomic E-state index is 13.3. The highest BCUT2D eigenvalue weighted by atomic mass is 32.2. The molecule has 1 amide bonds. The second-order valence-electron chi connectivity index (χ2n) is 6.96. The van der Waals surface area contributed by atoms with E-state index in [1.54, 1.807) is 0 Å². The number of anilines is 1.